The van der Waals surface area contributed by atoms with Crippen molar-refractivity contribution in [3.05, 3.63) is 0 Å². The summed E-state index contributed by atoms with van der Waals surface area (Å²) in [5.74, 6) is -0.370. The summed E-state index contributed by atoms with van der Waals surface area (Å²) in [6.07, 6.45) is 0.867. The summed E-state index contributed by atoms with van der Waals surface area (Å²) >= 11 is 0. The van der Waals surface area contributed by atoms with E-state index in [4.69, 9.17) is 29.4 Å². The van der Waals surface area contributed by atoms with Crippen LogP contribution in [0.15, 0.2) is 0 Å². The average molecular weight is 321 g/mol. The minimum Gasteiger partial charge on any atom is -0.458 e. The summed E-state index contributed by atoms with van der Waals surface area (Å²) in [6, 6.07) is 0. The molecule has 0 unspecified atom stereocenters. The largest absolute Gasteiger partial charge is 0.458 e. The maximum Gasteiger partial charge on any atom is 0.332 e. The van der Waals surface area contributed by atoms with Gasteiger partial charge in [-0.25, -0.2) is 4.79 Å². The molecule has 0 atom stereocenters. The van der Waals surface area contributed by atoms with E-state index in [9.17, 15) is 4.79 Å². The number of ether oxygens (including phenoxy) is 5. The summed E-state index contributed by atoms with van der Waals surface area (Å²) in [4.78, 5) is 11.3. The highest BCUT2D eigenvalue weighted by atomic mass is 16.6. The normalized spacial score (nSPS) is 11.6. The van der Waals surface area contributed by atoms with Crippen molar-refractivity contribution >= 4 is 5.97 Å². The summed E-state index contributed by atoms with van der Waals surface area (Å²) in [5, 5.41) is 0. The summed E-state index contributed by atoms with van der Waals surface area (Å²) in [6.45, 7) is 9.58. The summed E-state index contributed by atoms with van der Waals surface area (Å²) in [5.41, 5.74) is 4.85. The highest BCUT2D eigenvalue weighted by molar-refractivity contribution is 5.71. The molecule has 0 radical (unpaired) electrons. The monoisotopic (exact) mass is 321 g/mol. The number of carbonyl (C=O) groups excluding carboxylic acids is 1. The van der Waals surface area contributed by atoms with Crippen molar-refractivity contribution < 1.29 is 28.5 Å². The first kappa shape index (κ1) is 21.3. The fraction of sp³-hybridized carbons (Fsp3) is 0.933. The molecule has 0 aliphatic rings. The van der Waals surface area contributed by atoms with Gasteiger partial charge in [-0.2, -0.15) is 0 Å². The topological polar surface area (TPSA) is 89.2 Å². The third kappa shape index (κ3) is 17.3. The summed E-state index contributed by atoms with van der Waals surface area (Å²) in [7, 11) is 0. The minimum absolute atomic E-state index is 0.0583. The van der Waals surface area contributed by atoms with Crippen molar-refractivity contribution in [2.24, 2.45) is 5.73 Å². The van der Waals surface area contributed by atoms with Crippen LogP contribution in [0.25, 0.3) is 0 Å². The van der Waals surface area contributed by atoms with Crippen LogP contribution in [0.4, 0.5) is 0 Å². The predicted octanol–water partition coefficient (Wildman–Crippen LogP) is 0.743. The molecule has 0 spiro atoms. The van der Waals surface area contributed by atoms with Crippen molar-refractivity contribution in [1.82, 2.24) is 0 Å². The van der Waals surface area contributed by atoms with Gasteiger partial charge in [-0.1, -0.05) is 0 Å². The molecule has 0 aliphatic carbocycles. The molecule has 0 saturated carbocycles. The van der Waals surface area contributed by atoms with Crippen molar-refractivity contribution in [3.63, 3.8) is 0 Å². The molecule has 0 amide bonds. The van der Waals surface area contributed by atoms with E-state index in [0.29, 0.717) is 52.8 Å². The molecule has 0 aromatic rings. The zero-order valence-electron chi connectivity index (χ0n) is 14.1. The molecule has 0 aliphatic heterocycles. The van der Waals surface area contributed by atoms with E-state index < -0.39 is 5.60 Å². The van der Waals surface area contributed by atoms with Gasteiger partial charge in [0.15, 0.2) is 0 Å². The highest BCUT2D eigenvalue weighted by Crippen LogP contribution is 2.06. The van der Waals surface area contributed by atoms with Crippen LogP contribution in [0, 0.1) is 0 Å². The number of nitrogens with two attached hydrogens (primary N) is 1. The zero-order chi connectivity index (χ0) is 16.7. The van der Waals surface area contributed by atoms with Gasteiger partial charge in [0.2, 0.25) is 0 Å². The second kappa shape index (κ2) is 13.9. The van der Waals surface area contributed by atoms with Gasteiger partial charge in [0.25, 0.3) is 0 Å². The number of hydrogen-bond donors (Lipinski definition) is 1. The van der Waals surface area contributed by atoms with E-state index in [1.54, 1.807) is 0 Å². The second-order valence-electron chi connectivity index (χ2n) is 5.62. The lowest BCUT2D eigenvalue weighted by molar-refractivity contribution is -0.160. The quantitative estimate of drug-likeness (QED) is 0.373. The Hall–Kier alpha value is -0.730. The zero-order valence-corrected chi connectivity index (χ0v) is 14.1. The number of carbonyl (C=O) groups is 1. The number of esters is 1. The van der Waals surface area contributed by atoms with Crippen molar-refractivity contribution in [2.75, 3.05) is 59.4 Å². The smallest absolute Gasteiger partial charge is 0.332 e. The van der Waals surface area contributed by atoms with E-state index in [2.05, 4.69) is 0 Å². The van der Waals surface area contributed by atoms with Crippen LogP contribution in [0.5, 0.6) is 0 Å². The van der Waals surface area contributed by atoms with E-state index in [0.717, 1.165) is 6.42 Å². The van der Waals surface area contributed by atoms with Crippen LogP contribution in [-0.2, 0) is 28.5 Å². The Bertz CT molecular complexity index is 267. The van der Waals surface area contributed by atoms with E-state index in [1.165, 1.54) is 0 Å². The first-order chi connectivity index (χ1) is 10.5. The van der Waals surface area contributed by atoms with E-state index in [1.807, 2.05) is 20.8 Å². The van der Waals surface area contributed by atoms with Crippen LogP contribution in [-0.4, -0.2) is 71.0 Å². The SMILES string of the molecule is CC(C)(C)OC(=O)COCCOCCOCCOCCCN. The van der Waals surface area contributed by atoms with Crippen LogP contribution in [0.3, 0.4) is 0 Å². The molecule has 0 saturated heterocycles. The molecule has 0 heterocycles. The van der Waals surface area contributed by atoms with Gasteiger partial charge >= 0.3 is 5.97 Å². The van der Waals surface area contributed by atoms with Gasteiger partial charge in [0.1, 0.15) is 12.2 Å². The number of hydrogen-bond acceptors (Lipinski definition) is 7. The van der Waals surface area contributed by atoms with Crippen LogP contribution in [0.1, 0.15) is 27.2 Å². The first-order valence-electron chi connectivity index (χ1n) is 7.68. The molecule has 0 fully saturated rings. The van der Waals surface area contributed by atoms with E-state index in [-0.39, 0.29) is 12.6 Å². The van der Waals surface area contributed by atoms with Crippen LogP contribution >= 0.6 is 0 Å². The number of rotatable bonds is 14. The average Bonchev–Trinajstić information content (AvgIpc) is 2.42. The molecule has 0 rings (SSSR count). The van der Waals surface area contributed by atoms with Gasteiger partial charge in [0.05, 0.1) is 39.6 Å². The molecule has 0 bridgehead atoms. The van der Waals surface area contributed by atoms with Gasteiger partial charge in [0, 0.05) is 6.61 Å². The molecular weight excluding hydrogens is 290 g/mol. The maximum atomic E-state index is 11.3. The van der Waals surface area contributed by atoms with E-state index >= 15 is 0 Å². The lowest BCUT2D eigenvalue weighted by Gasteiger charge is -2.19. The predicted molar refractivity (Wildman–Crippen MR) is 82.8 cm³/mol. The Kier molecular flexibility index (Phi) is 13.4. The maximum absolute atomic E-state index is 11.3. The van der Waals surface area contributed by atoms with Crippen molar-refractivity contribution in [1.29, 1.82) is 0 Å². The lowest BCUT2D eigenvalue weighted by Crippen LogP contribution is -2.27. The first-order valence-corrected chi connectivity index (χ1v) is 7.68. The van der Waals surface area contributed by atoms with Gasteiger partial charge in [-0.3, -0.25) is 0 Å². The highest BCUT2D eigenvalue weighted by Gasteiger charge is 2.15. The molecule has 0 aromatic carbocycles. The third-order valence-electron chi connectivity index (χ3n) is 2.25. The standard InChI is InChI=1S/C15H31NO6/c1-15(2,3)22-14(17)13-21-12-11-20-10-9-19-8-7-18-6-4-5-16/h4-13,16H2,1-3H3. The van der Waals surface area contributed by atoms with Gasteiger partial charge < -0.3 is 29.4 Å². The van der Waals surface area contributed by atoms with Gasteiger partial charge in [-0.05, 0) is 33.7 Å². The Morgan fingerprint density at radius 3 is 1.73 bits per heavy atom. The minimum atomic E-state index is -0.484. The second-order valence-corrected chi connectivity index (χ2v) is 5.62. The van der Waals surface area contributed by atoms with Gasteiger partial charge in [-0.15, -0.1) is 0 Å². The molecular formula is C15H31NO6. The summed E-state index contributed by atoms with van der Waals surface area (Å²) < 4.78 is 26.2. The molecule has 2 N–H and O–H groups in total. The molecule has 7 nitrogen and oxygen atoms in total. The third-order valence-corrected chi connectivity index (χ3v) is 2.25. The fourth-order valence-corrected chi connectivity index (χ4v) is 1.37. The Labute approximate surface area is 133 Å². The molecule has 132 valence electrons. The fourth-order valence-electron chi connectivity index (χ4n) is 1.37. The van der Waals surface area contributed by atoms with Crippen molar-refractivity contribution in [3.8, 4) is 0 Å². The Balaban J connectivity index is 3.16. The molecule has 22 heavy (non-hydrogen) atoms. The van der Waals surface area contributed by atoms with Crippen LogP contribution < -0.4 is 5.73 Å². The Morgan fingerprint density at radius 1 is 0.818 bits per heavy atom. The molecule has 7 heteroatoms. The molecule has 0 aromatic heterocycles. The van der Waals surface area contributed by atoms with Crippen molar-refractivity contribution in [2.45, 2.75) is 32.8 Å². The van der Waals surface area contributed by atoms with Crippen LogP contribution in [0.2, 0.25) is 0 Å². The Morgan fingerprint density at radius 2 is 1.27 bits per heavy atom. The lowest BCUT2D eigenvalue weighted by atomic mass is 10.2.